The van der Waals surface area contributed by atoms with Crippen molar-refractivity contribution in [3.05, 3.63) is 34.9 Å². The van der Waals surface area contributed by atoms with E-state index in [2.05, 4.69) is 18.2 Å². The van der Waals surface area contributed by atoms with Crippen molar-refractivity contribution in [2.24, 2.45) is 0 Å². The van der Waals surface area contributed by atoms with Crippen molar-refractivity contribution in [1.29, 1.82) is 0 Å². The molecule has 1 unspecified atom stereocenters. The lowest BCUT2D eigenvalue weighted by Gasteiger charge is -2.10. The van der Waals surface area contributed by atoms with Gasteiger partial charge in [-0.05, 0) is 41.9 Å². The van der Waals surface area contributed by atoms with Crippen molar-refractivity contribution in [3.8, 4) is 0 Å². The number of rotatable bonds is 3. The lowest BCUT2D eigenvalue weighted by atomic mass is 9.95. The molecule has 0 aliphatic heterocycles. The smallest absolute Gasteiger partial charge is 0.303 e. The molecule has 0 spiro atoms. The average Bonchev–Trinajstić information content (AvgIpc) is 2.62. The molecule has 2 rings (SSSR count). The van der Waals surface area contributed by atoms with Crippen LogP contribution >= 0.6 is 0 Å². The summed E-state index contributed by atoms with van der Waals surface area (Å²) >= 11 is 0. The van der Waals surface area contributed by atoms with Gasteiger partial charge in [0.2, 0.25) is 0 Å². The van der Waals surface area contributed by atoms with Crippen LogP contribution in [0.3, 0.4) is 0 Å². The minimum Gasteiger partial charge on any atom is -0.481 e. The van der Waals surface area contributed by atoms with Crippen LogP contribution in [0.15, 0.2) is 18.2 Å². The van der Waals surface area contributed by atoms with E-state index < -0.39 is 5.97 Å². The van der Waals surface area contributed by atoms with Gasteiger partial charge in [0.05, 0.1) is 6.42 Å². The van der Waals surface area contributed by atoms with Gasteiger partial charge < -0.3 is 5.11 Å². The van der Waals surface area contributed by atoms with Crippen LogP contribution in [0.25, 0.3) is 0 Å². The van der Waals surface area contributed by atoms with Crippen LogP contribution < -0.4 is 0 Å². The first kappa shape index (κ1) is 10.2. The highest BCUT2D eigenvalue weighted by Crippen LogP contribution is 2.27. The summed E-state index contributed by atoms with van der Waals surface area (Å²) in [5, 5.41) is 8.74. The van der Waals surface area contributed by atoms with Gasteiger partial charge in [0.25, 0.3) is 0 Å². The standard InChI is InChI=1S/C13H16O2/c1-9(7-13(14)15)11-6-5-10-3-2-4-12(10)8-11/h5-6,8-9H,2-4,7H2,1H3,(H,14,15). The Morgan fingerprint density at radius 3 is 2.87 bits per heavy atom. The maximum absolute atomic E-state index is 10.6. The molecule has 0 bridgehead atoms. The van der Waals surface area contributed by atoms with Gasteiger partial charge in [-0.2, -0.15) is 0 Å². The van der Waals surface area contributed by atoms with Crippen LogP contribution in [-0.4, -0.2) is 11.1 Å². The van der Waals surface area contributed by atoms with E-state index in [0.29, 0.717) is 0 Å². The molecule has 1 aliphatic carbocycles. The Bertz CT molecular complexity index is 382. The minimum absolute atomic E-state index is 0.119. The Morgan fingerprint density at radius 2 is 2.13 bits per heavy atom. The van der Waals surface area contributed by atoms with Gasteiger partial charge in [0.15, 0.2) is 0 Å². The molecule has 0 saturated carbocycles. The van der Waals surface area contributed by atoms with Crippen molar-refractivity contribution in [2.75, 3.05) is 0 Å². The van der Waals surface area contributed by atoms with Gasteiger partial charge in [-0.3, -0.25) is 4.79 Å². The molecule has 1 aliphatic rings. The second-order valence-electron chi connectivity index (χ2n) is 4.38. The maximum Gasteiger partial charge on any atom is 0.303 e. The predicted molar refractivity (Wildman–Crippen MR) is 59.1 cm³/mol. The topological polar surface area (TPSA) is 37.3 Å². The van der Waals surface area contributed by atoms with E-state index in [0.717, 1.165) is 12.0 Å². The zero-order chi connectivity index (χ0) is 10.8. The first-order valence-corrected chi connectivity index (χ1v) is 5.50. The summed E-state index contributed by atoms with van der Waals surface area (Å²) in [5.41, 5.74) is 4.03. The number of hydrogen-bond acceptors (Lipinski definition) is 1. The average molecular weight is 204 g/mol. The van der Waals surface area contributed by atoms with E-state index in [-0.39, 0.29) is 12.3 Å². The van der Waals surface area contributed by atoms with Gasteiger partial charge in [-0.25, -0.2) is 0 Å². The van der Waals surface area contributed by atoms with E-state index in [1.54, 1.807) is 0 Å². The number of aryl methyl sites for hydroxylation is 2. The molecule has 0 amide bonds. The molecule has 15 heavy (non-hydrogen) atoms. The predicted octanol–water partition coefficient (Wildman–Crippen LogP) is 2.75. The van der Waals surface area contributed by atoms with E-state index in [1.807, 2.05) is 6.92 Å². The fourth-order valence-corrected chi connectivity index (χ4v) is 2.28. The van der Waals surface area contributed by atoms with Crippen LogP contribution in [0.5, 0.6) is 0 Å². The molecule has 80 valence electrons. The number of carbonyl (C=O) groups is 1. The van der Waals surface area contributed by atoms with E-state index in [9.17, 15) is 4.79 Å². The van der Waals surface area contributed by atoms with Gasteiger partial charge in [-0.1, -0.05) is 25.1 Å². The number of carboxylic acids is 1. The molecule has 1 N–H and O–H groups in total. The summed E-state index contributed by atoms with van der Waals surface area (Å²) in [4.78, 5) is 10.6. The van der Waals surface area contributed by atoms with Crippen LogP contribution in [-0.2, 0) is 17.6 Å². The monoisotopic (exact) mass is 204 g/mol. The first-order valence-electron chi connectivity index (χ1n) is 5.50. The molecule has 1 aromatic carbocycles. The lowest BCUT2D eigenvalue weighted by Crippen LogP contribution is -2.03. The third-order valence-corrected chi connectivity index (χ3v) is 3.17. The molecule has 0 aromatic heterocycles. The van der Waals surface area contributed by atoms with Crippen LogP contribution in [0.1, 0.15) is 42.4 Å². The highest BCUT2D eigenvalue weighted by molar-refractivity contribution is 5.68. The number of hydrogen-bond donors (Lipinski definition) is 1. The Balaban J connectivity index is 2.19. The molecule has 2 heteroatoms. The summed E-state index contributed by atoms with van der Waals surface area (Å²) in [5.74, 6) is -0.601. The van der Waals surface area contributed by atoms with E-state index in [4.69, 9.17) is 5.11 Å². The van der Waals surface area contributed by atoms with Gasteiger partial charge >= 0.3 is 5.97 Å². The van der Waals surface area contributed by atoms with Crippen molar-refractivity contribution in [1.82, 2.24) is 0 Å². The quantitative estimate of drug-likeness (QED) is 0.822. The molecule has 0 heterocycles. The number of carboxylic acid groups (broad SMARTS) is 1. The molecule has 2 nitrogen and oxygen atoms in total. The van der Waals surface area contributed by atoms with Crippen molar-refractivity contribution >= 4 is 5.97 Å². The fraction of sp³-hybridized carbons (Fsp3) is 0.462. The Labute approximate surface area is 89.9 Å². The molecule has 1 atom stereocenters. The van der Waals surface area contributed by atoms with Crippen molar-refractivity contribution in [3.63, 3.8) is 0 Å². The number of benzene rings is 1. The Morgan fingerprint density at radius 1 is 1.40 bits per heavy atom. The zero-order valence-electron chi connectivity index (χ0n) is 8.99. The van der Waals surface area contributed by atoms with Gasteiger partial charge in [0.1, 0.15) is 0 Å². The highest BCUT2D eigenvalue weighted by atomic mass is 16.4. The van der Waals surface area contributed by atoms with Crippen LogP contribution in [0, 0.1) is 0 Å². The maximum atomic E-state index is 10.6. The molecule has 0 saturated heterocycles. The largest absolute Gasteiger partial charge is 0.481 e. The van der Waals surface area contributed by atoms with Crippen molar-refractivity contribution < 1.29 is 9.90 Å². The normalized spacial score (nSPS) is 16.1. The zero-order valence-corrected chi connectivity index (χ0v) is 8.99. The van der Waals surface area contributed by atoms with Crippen LogP contribution in [0.2, 0.25) is 0 Å². The van der Waals surface area contributed by atoms with Crippen LogP contribution in [0.4, 0.5) is 0 Å². The summed E-state index contributed by atoms with van der Waals surface area (Å²) in [6.07, 6.45) is 3.80. The molecule has 0 radical (unpaired) electrons. The summed E-state index contributed by atoms with van der Waals surface area (Å²) in [7, 11) is 0. The second kappa shape index (κ2) is 4.05. The van der Waals surface area contributed by atoms with E-state index in [1.165, 1.54) is 24.0 Å². The van der Waals surface area contributed by atoms with E-state index >= 15 is 0 Å². The van der Waals surface area contributed by atoms with Crippen molar-refractivity contribution in [2.45, 2.75) is 38.5 Å². The summed E-state index contributed by atoms with van der Waals surface area (Å²) in [6, 6.07) is 6.43. The number of fused-ring (bicyclic) bond motifs is 1. The summed E-state index contributed by atoms with van der Waals surface area (Å²) < 4.78 is 0. The third-order valence-electron chi connectivity index (χ3n) is 3.17. The SMILES string of the molecule is CC(CC(=O)O)c1ccc2c(c1)CCC2. The Hall–Kier alpha value is -1.31. The third kappa shape index (κ3) is 2.20. The highest BCUT2D eigenvalue weighted by Gasteiger charge is 2.14. The fourth-order valence-electron chi connectivity index (χ4n) is 2.28. The first-order chi connectivity index (χ1) is 7.16. The summed E-state index contributed by atoms with van der Waals surface area (Å²) in [6.45, 7) is 1.98. The molecule has 1 aromatic rings. The number of aliphatic carboxylic acids is 1. The molecular weight excluding hydrogens is 188 g/mol. The Kier molecular flexibility index (Phi) is 2.76. The molecular formula is C13H16O2. The second-order valence-corrected chi connectivity index (χ2v) is 4.38. The lowest BCUT2D eigenvalue weighted by molar-refractivity contribution is -0.137. The minimum atomic E-state index is -0.719. The molecule has 0 fully saturated rings. The van der Waals surface area contributed by atoms with Gasteiger partial charge in [-0.15, -0.1) is 0 Å². The van der Waals surface area contributed by atoms with Gasteiger partial charge in [0, 0.05) is 0 Å².